The maximum Gasteiger partial charge on any atom is 0.326 e. The molecule has 0 aliphatic carbocycles. The second kappa shape index (κ2) is 8.31. The van der Waals surface area contributed by atoms with Crippen LogP contribution in [-0.4, -0.2) is 34.9 Å². The van der Waals surface area contributed by atoms with Gasteiger partial charge in [0.2, 0.25) is 0 Å². The Bertz CT molecular complexity index is 584. The van der Waals surface area contributed by atoms with E-state index >= 15 is 0 Å². The number of carbonyl (C=O) groups is 3. The van der Waals surface area contributed by atoms with Gasteiger partial charge in [0.25, 0.3) is 5.91 Å². The number of aliphatic carboxylic acids is 1. The topological polar surface area (TPSA) is 92.7 Å². The van der Waals surface area contributed by atoms with Gasteiger partial charge in [-0.2, -0.15) is 0 Å². The summed E-state index contributed by atoms with van der Waals surface area (Å²) < 4.78 is 5.50. The molecule has 1 aromatic rings. The summed E-state index contributed by atoms with van der Waals surface area (Å²) in [4.78, 5) is 34.7. The minimum atomic E-state index is -1.07. The van der Waals surface area contributed by atoms with Gasteiger partial charge in [0.1, 0.15) is 11.8 Å². The van der Waals surface area contributed by atoms with E-state index in [0.29, 0.717) is 17.7 Å². The van der Waals surface area contributed by atoms with E-state index < -0.39 is 24.0 Å². The number of carboxylic acids is 1. The lowest BCUT2D eigenvalue weighted by Crippen LogP contribution is -2.49. The number of Topliss-reactive ketones (excluding diaryl/α,β-unsaturated/α-hetero) is 1. The molecule has 126 valence electrons. The molecule has 0 radical (unpaired) electrons. The van der Waals surface area contributed by atoms with Crippen LogP contribution in [0.4, 0.5) is 0 Å². The fourth-order valence-electron chi connectivity index (χ4n) is 2.00. The number of carboxylic acid groups (broad SMARTS) is 1. The van der Waals surface area contributed by atoms with Crippen molar-refractivity contribution in [2.45, 2.75) is 46.3 Å². The van der Waals surface area contributed by atoms with Gasteiger partial charge in [-0.1, -0.05) is 32.4 Å². The summed E-state index contributed by atoms with van der Waals surface area (Å²) in [7, 11) is 0. The van der Waals surface area contributed by atoms with Crippen molar-refractivity contribution in [3.8, 4) is 5.75 Å². The molecule has 2 N–H and O–H groups in total. The number of rotatable bonds is 8. The Morgan fingerprint density at radius 2 is 1.91 bits per heavy atom. The van der Waals surface area contributed by atoms with Crippen LogP contribution in [0.15, 0.2) is 24.3 Å². The predicted octanol–water partition coefficient (Wildman–Crippen LogP) is 2.27. The van der Waals surface area contributed by atoms with Gasteiger partial charge >= 0.3 is 5.97 Å². The van der Waals surface area contributed by atoms with E-state index in [-0.39, 0.29) is 11.7 Å². The zero-order chi connectivity index (χ0) is 17.6. The number of hydrogen-bond donors (Lipinski definition) is 2. The van der Waals surface area contributed by atoms with Crippen molar-refractivity contribution >= 4 is 17.7 Å². The molecule has 0 saturated carbocycles. The second-order valence-electron chi connectivity index (χ2n) is 5.55. The smallest absolute Gasteiger partial charge is 0.326 e. The third kappa shape index (κ3) is 5.39. The van der Waals surface area contributed by atoms with E-state index in [0.717, 1.165) is 0 Å². The second-order valence-corrected chi connectivity index (χ2v) is 5.55. The zero-order valence-corrected chi connectivity index (χ0v) is 13.8. The molecule has 6 heteroatoms. The predicted molar refractivity (Wildman–Crippen MR) is 85.6 cm³/mol. The Hall–Kier alpha value is -2.37. The van der Waals surface area contributed by atoms with Crippen LogP contribution in [0.1, 0.15) is 44.5 Å². The fraction of sp³-hybridized carbons (Fsp3) is 0.471. The van der Waals surface area contributed by atoms with Gasteiger partial charge in [-0.05, 0) is 31.9 Å². The third-order valence-electron chi connectivity index (χ3n) is 3.70. The van der Waals surface area contributed by atoms with E-state index in [1.165, 1.54) is 13.8 Å². The number of nitrogens with one attached hydrogen (secondary N) is 1. The molecule has 0 saturated heterocycles. The van der Waals surface area contributed by atoms with Crippen LogP contribution in [0.25, 0.3) is 0 Å². The van der Waals surface area contributed by atoms with Gasteiger partial charge in [0.15, 0.2) is 11.9 Å². The van der Waals surface area contributed by atoms with Crippen molar-refractivity contribution < 1.29 is 24.2 Å². The largest absolute Gasteiger partial charge is 0.481 e. The lowest BCUT2D eigenvalue weighted by molar-refractivity contribution is -0.144. The van der Waals surface area contributed by atoms with Gasteiger partial charge in [-0.15, -0.1) is 0 Å². The van der Waals surface area contributed by atoms with Crippen LogP contribution in [0.3, 0.4) is 0 Å². The molecule has 6 nitrogen and oxygen atoms in total. The third-order valence-corrected chi connectivity index (χ3v) is 3.70. The van der Waals surface area contributed by atoms with Crippen molar-refractivity contribution in [3.63, 3.8) is 0 Å². The van der Waals surface area contributed by atoms with Crippen LogP contribution in [0.5, 0.6) is 5.75 Å². The minimum absolute atomic E-state index is 0.102. The summed E-state index contributed by atoms with van der Waals surface area (Å²) in [5, 5.41) is 11.7. The number of hydrogen-bond acceptors (Lipinski definition) is 4. The summed E-state index contributed by atoms with van der Waals surface area (Å²) in [6.45, 7) is 6.60. The summed E-state index contributed by atoms with van der Waals surface area (Å²) in [6, 6.07) is 5.55. The first-order valence-electron chi connectivity index (χ1n) is 7.57. The van der Waals surface area contributed by atoms with Crippen molar-refractivity contribution in [2.75, 3.05) is 0 Å². The maximum absolute atomic E-state index is 12.1. The van der Waals surface area contributed by atoms with E-state index in [4.69, 9.17) is 4.74 Å². The Morgan fingerprint density at radius 1 is 1.26 bits per heavy atom. The first-order valence-corrected chi connectivity index (χ1v) is 7.57. The molecular weight excluding hydrogens is 298 g/mol. The molecule has 0 bridgehead atoms. The Kier molecular flexibility index (Phi) is 6.75. The first kappa shape index (κ1) is 18.7. The molecule has 1 amide bonds. The highest BCUT2D eigenvalue weighted by atomic mass is 16.5. The molecule has 1 rings (SSSR count). The number of ketones is 1. The lowest BCUT2D eigenvalue weighted by Gasteiger charge is -2.22. The number of ether oxygens (including phenoxy) is 1. The molecule has 0 aliphatic rings. The highest BCUT2D eigenvalue weighted by molar-refractivity contribution is 5.94. The van der Waals surface area contributed by atoms with Crippen LogP contribution in [0, 0.1) is 5.92 Å². The van der Waals surface area contributed by atoms with Crippen LogP contribution < -0.4 is 10.1 Å². The van der Waals surface area contributed by atoms with Gasteiger partial charge in [0.05, 0.1) is 0 Å². The lowest BCUT2D eigenvalue weighted by atomic mass is 9.99. The highest BCUT2D eigenvalue weighted by Gasteiger charge is 2.27. The minimum Gasteiger partial charge on any atom is -0.481 e. The van der Waals surface area contributed by atoms with Crippen molar-refractivity contribution in [1.82, 2.24) is 5.32 Å². The van der Waals surface area contributed by atoms with Crippen LogP contribution in [-0.2, 0) is 9.59 Å². The molecule has 0 spiro atoms. The molecule has 0 aliphatic heterocycles. The fourth-order valence-corrected chi connectivity index (χ4v) is 2.00. The van der Waals surface area contributed by atoms with E-state index in [1.54, 1.807) is 31.2 Å². The normalized spacial score (nSPS) is 14.4. The van der Waals surface area contributed by atoms with E-state index in [2.05, 4.69) is 5.32 Å². The summed E-state index contributed by atoms with van der Waals surface area (Å²) >= 11 is 0. The van der Waals surface area contributed by atoms with Crippen molar-refractivity contribution in [2.24, 2.45) is 5.92 Å². The molecule has 0 aromatic heterocycles. The molecule has 0 fully saturated rings. The standard InChI is InChI=1S/C17H23NO5/c1-5-10(2)15(17(21)22)18-16(20)12(4)23-14-8-6-7-13(9-14)11(3)19/h6-10,12,15H,5H2,1-4H3,(H,18,20)(H,21,22). The van der Waals surface area contributed by atoms with Gasteiger partial charge in [0, 0.05) is 5.56 Å². The Labute approximate surface area is 135 Å². The average molecular weight is 321 g/mol. The number of benzene rings is 1. The molecular formula is C17H23NO5. The molecule has 0 heterocycles. The number of carbonyl (C=O) groups excluding carboxylic acids is 2. The maximum atomic E-state index is 12.1. The van der Waals surface area contributed by atoms with Gasteiger partial charge < -0.3 is 15.2 Å². The van der Waals surface area contributed by atoms with Gasteiger partial charge in [-0.3, -0.25) is 9.59 Å². The monoisotopic (exact) mass is 321 g/mol. The van der Waals surface area contributed by atoms with Crippen molar-refractivity contribution in [1.29, 1.82) is 0 Å². The summed E-state index contributed by atoms with van der Waals surface area (Å²) in [5.41, 5.74) is 0.484. The molecule has 23 heavy (non-hydrogen) atoms. The average Bonchev–Trinajstić information content (AvgIpc) is 2.51. The van der Waals surface area contributed by atoms with Crippen LogP contribution in [0.2, 0.25) is 0 Å². The molecule has 1 aromatic carbocycles. The SMILES string of the molecule is CCC(C)C(NC(=O)C(C)Oc1cccc(C(C)=O)c1)C(=O)O. The summed E-state index contributed by atoms with van der Waals surface area (Å²) in [6.07, 6.45) is -0.240. The van der Waals surface area contributed by atoms with Crippen molar-refractivity contribution in [3.05, 3.63) is 29.8 Å². The van der Waals surface area contributed by atoms with E-state index in [9.17, 15) is 19.5 Å². The Balaban J connectivity index is 2.75. The zero-order valence-electron chi connectivity index (χ0n) is 13.8. The quantitative estimate of drug-likeness (QED) is 0.717. The van der Waals surface area contributed by atoms with E-state index in [1.807, 2.05) is 6.92 Å². The number of amides is 1. The Morgan fingerprint density at radius 3 is 2.43 bits per heavy atom. The summed E-state index contributed by atoms with van der Waals surface area (Å²) in [5.74, 6) is -1.49. The molecule has 3 unspecified atom stereocenters. The van der Waals surface area contributed by atoms with Crippen LogP contribution >= 0.6 is 0 Å². The highest BCUT2D eigenvalue weighted by Crippen LogP contribution is 2.16. The molecule has 3 atom stereocenters. The van der Waals surface area contributed by atoms with Gasteiger partial charge in [-0.25, -0.2) is 4.79 Å². The first-order chi connectivity index (χ1) is 10.8.